The van der Waals surface area contributed by atoms with Crippen LogP contribution in [0, 0.1) is 0 Å². The molecular formula is C11H7BrN2O2. The number of hydrogen-bond donors (Lipinski definition) is 0. The molecule has 1 aromatic heterocycles. The Morgan fingerprint density at radius 3 is 2.50 bits per heavy atom. The van der Waals surface area contributed by atoms with Gasteiger partial charge in [0.05, 0.1) is 0 Å². The third kappa shape index (κ3) is 1.53. The van der Waals surface area contributed by atoms with E-state index in [9.17, 15) is 0 Å². The van der Waals surface area contributed by atoms with Gasteiger partial charge in [-0.25, -0.2) is 9.97 Å². The molecule has 2 aromatic rings. The average Bonchev–Trinajstić information content (AvgIpc) is 2.76. The molecule has 0 atom stereocenters. The molecule has 0 N–H and O–H groups in total. The minimum Gasteiger partial charge on any atom is -0.454 e. The van der Waals surface area contributed by atoms with Crippen LogP contribution in [0.3, 0.4) is 0 Å². The number of benzene rings is 1. The van der Waals surface area contributed by atoms with Crippen molar-refractivity contribution >= 4 is 15.9 Å². The number of fused-ring (bicyclic) bond motifs is 1. The Labute approximate surface area is 100 Å². The molecule has 3 rings (SSSR count). The van der Waals surface area contributed by atoms with Crippen LogP contribution in [0.2, 0.25) is 0 Å². The molecule has 0 radical (unpaired) electrons. The van der Waals surface area contributed by atoms with Crippen LogP contribution in [0.25, 0.3) is 11.1 Å². The highest BCUT2D eigenvalue weighted by Crippen LogP contribution is 2.40. The van der Waals surface area contributed by atoms with Crippen LogP contribution in [0.15, 0.2) is 35.3 Å². The molecule has 0 bridgehead atoms. The van der Waals surface area contributed by atoms with Crippen LogP contribution in [0.4, 0.5) is 0 Å². The highest BCUT2D eigenvalue weighted by molar-refractivity contribution is 9.10. The largest absolute Gasteiger partial charge is 0.454 e. The molecule has 0 amide bonds. The Morgan fingerprint density at radius 1 is 1.06 bits per heavy atom. The van der Waals surface area contributed by atoms with Gasteiger partial charge >= 0.3 is 0 Å². The fourth-order valence-corrected chi connectivity index (χ4v) is 2.13. The molecule has 0 unspecified atom stereocenters. The first kappa shape index (κ1) is 9.59. The smallest absolute Gasteiger partial charge is 0.231 e. The van der Waals surface area contributed by atoms with E-state index in [0.717, 1.165) is 27.1 Å². The molecule has 4 nitrogen and oxygen atoms in total. The lowest BCUT2D eigenvalue weighted by Gasteiger charge is -2.05. The first-order chi connectivity index (χ1) is 7.84. The summed E-state index contributed by atoms with van der Waals surface area (Å²) in [6.45, 7) is 0.274. The lowest BCUT2D eigenvalue weighted by Crippen LogP contribution is -1.92. The van der Waals surface area contributed by atoms with E-state index < -0.39 is 0 Å². The lowest BCUT2D eigenvalue weighted by atomic mass is 10.1. The quantitative estimate of drug-likeness (QED) is 0.805. The average molecular weight is 279 g/mol. The number of rotatable bonds is 1. The van der Waals surface area contributed by atoms with E-state index in [1.807, 2.05) is 12.1 Å². The Kier molecular flexibility index (Phi) is 2.25. The second-order valence-electron chi connectivity index (χ2n) is 3.31. The summed E-state index contributed by atoms with van der Waals surface area (Å²) in [5.74, 6) is 1.51. The SMILES string of the molecule is Brc1cc2c(cc1-c1cncnc1)OCO2. The number of halogens is 1. The Hall–Kier alpha value is -1.62. The Morgan fingerprint density at radius 2 is 1.75 bits per heavy atom. The maximum absolute atomic E-state index is 5.33. The van der Waals surface area contributed by atoms with Gasteiger partial charge in [0.15, 0.2) is 11.5 Å². The van der Waals surface area contributed by atoms with E-state index >= 15 is 0 Å². The van der Waals surface area contributed by atoms with Crippen molar-refractivity contribution in [1.82, 2.24) is 9.97 Å². The van der Waals surface area contributed by atoms with Crippen molar-refractivity contribution < 1.29 is 9.47 Å². The minimum atomic E-state index is 0.274. The summed E-state index contributed by atoms with van der Waals surface area (Å²) >= 11 is 3.50. The summed E-state index contributed by atoms with van der Waals surface area (Å²) in [6, 6.07) is 3.82. The molecule has 1 aliphatic heterocycles. The molecule has 0 spiro atoms. The predicted octanol–water partition coefficient (Wildman–Crippen LogP) is 2.63. The summed E-state index contributed by atoms with van der Waals surface area (Å²) in [5, 5.41) is 0. The second kappa shape index (κ2) is 3.75. The van der Waals surface area contributed by atoms with Gasteiger partial charge in [0.1, 0.15) is 6.33 Å². The van der Waals surface area contributed by atoms with E-state index in [1.165, 1.54) is 6.33 Å². The molecule has 1 aliphatic rings. The zero-order valence-electron chi connectivity index (χ0n) is 8.18. The molecule has 2 heterocycles. The molecule has 16 heavy (non-hydrogen) atoms. The van der Waals surface area contributed by atoms with Gasteiger partial charge in [-0.1, -0.05) is 15.9 Å². The maximum Gasteiger partial charge on any atom is 0.231 e. The second-order valence-corrected chi connectivity index (χ2v) is 4.17. The van der Waals surface area contributed by atoms with E-state index in [0.29, 0.717) is 0 Å². The molecule has 0 fully saturated rings. The van der Waals surface area contributed by atoms with Gasteiger partial charge < -0.3 is 9.47 Å². The van der Waals surface area contributed by atoms with E-state index in [2.05, 4.69) is 25.9 Å². The third-order valence-electron chi connectivity index (χ3n) is 2.33. The van der Waals surface area contributed by atoms with Crippen molar-refractivity contribution in [3.8, 4) is 22.6 Å². The van der Waals surface area contributed by atoms with Crippen LogP contribution in [0.5, 0.6) is 11.5 Å². The summed E-state index contributed by atoms with van der Waals surface area (Å²) in [4.78, 5) is 7.98. The summed E-state index contributed by atoms with van der Waals surface area (Å²) in [7, 11) is 0. The van der Waals surface area contributed by atoms with Crippen molar-refractivity contribution in [1.29, 1.82) is 0 Å². The van der Waals surface area contributed by atoms with Crippen molar-refractivity contribution in [3.63, 3.8) is 0 Å². The fourth-order valence-electron chi connectivity index (χ4n) is 1.58. The first-order valence-electron chi connectivity index (χ1n) is 4.69. The van der Waals surface area contributed by atoms with Crippen LogP contribution in [-0.4, -0.2) is 16.8 Å². The molecule has 0 saturated carbocycles. The van der Waals surface area contributed by atoms with Crippen molar-refractivity contribution in [2.24, 2.45) is 0 Å². The molecule has 0 saturated heterocycles. The minimum absolute atomic E-state index is 0.274. The normalized spacial score (nSPS) is 12.8. The molecule has 5 heteroatoms. The highest BCUT2D eigenvalue weighted by atomic mass is 79.9. The maximum atomic E-state index is 5.33. The van der Waals surface area contributed by atoms with E-state index in [-0.39, 0.29) is 6.79 Å². The van der Waals surface area contributed by atoms with Gasteiger partial charge in [-0.3, -0.25) is 0 Å². The summed E-state index contributed by atoms with van der Waals surface area (Å²) in [6.07, 6.45) is 5.02. The Bertz CT molecular complexity index is 531. The molecule has 80 valence electrons. The standard InChI is InChI=1S/C11H7BrN2O2/c12-9-2-11-10(15-6-16-11)1-8(9)7-3-13-5-14-4-7/h1-5H,6H2. The van der Waals surface area contributed by atoms with E-state index in [4.69, 9.17) is 9.47 Å². The van der Waals surface area contributed by atoms with Gasteiger partial charge in [-0.15, -0.1) is 0 Å². The van der Waals surface area contributed by atoms with Crippen LogP contribution in [-0.2, 0) is 0 Å². The summed E-state index contributed by atoms with van der Waals surface area (Å²) in [5.41, 5.74) is 1.93. The monoisotopic (exact) mass is 278 g/mol. The zero-order chi connectivity index (χ0) is 11.0. The molecule has 0 aliphatic carbocycles. The molecular weight excluding hydrogens is 272 g/mol. The van der Waals surface area contributed by atoms with Gasteiger partial charge in [0.2, 0.25) is 6.79 Å². The lowest BCUT2D eigenvalue weighted by molar-refractivity contribution is 0.174. The van der Waals surface area contributed by atoms with Gasteiger partial charge in [0.25, 0.3) is 0 Å². The zero-order valence-corrected chi connectivity index (χ0v) is 9.77. The Balaban J connectivity index is 2.15. The number of nitrogens with zero attached hydrogens (tertiary/aromatic N) is 2. The van der Waals surface area contributed by atoms with Crippen molar-refractivity contribution in [2.75, 3.05) is 6.79 Å². The number of hydrogen-bond acceptors (Lipinski definition) is 4. The molecule has 1 aromatic carbocycles. The van der Waals surface area contributed by atoms with Gasteiger partial charge in [-0.05, 0) is 12.1 Å². The summed E-state index contributed by atoms with van der Waals surface area (Å²) < 4.78 is 11.6. The topological polar surface area (TPSA) is 44.2 Å². The van der Waals surface area contributed by atoms with Gasteiger partial charge in [-0.2, -0.15) is 0 Å². The van der Waals surface area contributed by atoms with Crippen LogP contribution in [0.1, 0.15) is 0 Å². The fraction of sp³-hybridized carbons (Fsp3) is 0.0909. The number of ether oxygens (including phenoxy) is 2. The van der Waals surface area contributed by atoms with Crippen molar-refractivity contribution in [2.45, 2.75) is 0 Å². The van der Waals surface area contributed by atoms with E-state index in [1.54, 1.807) is 12.4 Å². The van der Waals surface area contributed by atoms with Crippen LogP contribution >= 0.6 is 15.9 Å². The number of aromatic nitrogens is 2. The van der Waals surface area contributed by atoms with Gasteiger partial charge in [0, 0.05) is 28.0 Å². The third-order valence-corrected chi connectivity index (χ3v) is 2.99. The highest BCUT2D eigenvalue weighted by Gasteiger charge is 2.17. The predicted molar refractivity (Wildman–Crippen MR) is 61.3 cm³/mol. The first-order valence-corrected chi connectivity index (χ1v) is 5.48. The van der Waals surface area contributed by atoms with Crippen LogP contribution < -0.4 is 9.47 Å². The van der Waals surface area contributed by atoms with Crippen molar-refractivity contribution in [3.05, 3.63) is 35.3 Å².